The second-order valence-electron chi connectivity index (χ2n) is 7.41. The topological polar surface area (TPSA) is 85.5 Å². The molecular formula is C24H23N3O3. The molecule has 2 aromatic carbocycles. The van der Waals surface area contributed by atoms with Crippen molar-refractivity contribution in [1.82, 2.24) is 9.88 Å². The molecule has 4 rings (SSSR count). The molecule has 2 heterocycles. The summed E-state index contributed by atoms with van der Waals surface area (Å²) in [5.41, 5.74) is 8.07. The quantitative estimate of drug-likeness (QED) is 0.712. The molecule has 6 nitrogen and oxygen atoms in total. The van der Waals surface area contributed by atoms with E-state index in [1.54, 1.807) is 29.4 Å². The zero-order chi connectivity index (χ0) is 21.0. The molecule has 0 saturated carbocycles. The Morgan fingerprint density at radius 3 is 2.50 bits per heavy atom. The van der Waals surface area contributed by atoms with Gasteiger partial charge in [-0.1, -0.05) is 42.5 Å². The number of hydrogen-bond donors (Lipinski definition) is 1. The number of hydrogen-bond acceptors (Lipinski definition) is 4. The molecule has 0 bridgehead atoms. The molecule has 2 amide bonds. The van der Waals surface area contributed by atoms with E-state index in [2.05, 4.69) is 4.98 Å². The Bertz CT molecular complexity index is 1040. The van der Waals surface area contributed by atoms with Crippen LogP contribution >= 0.6 is 0 Å². The van der Waals surface area contributed by atoms with Gasteiger partial charge in [0, 0.05) is 30.9 Å². The number of primary amides is 1. The fourth-order valence-electron chi connectivity index (χ4n) is 3.80. The Labute approximate surface area is 175 Å². The van der Waals surface area contributed by atoms with Crippen LogP contribution in [0.1, 0.15) is 15.9 Å². The first-order valence-corrected chi connectivity index (χ1v) is 9.85. The number of benzene rings is 2. The lowest BCUT2D eigenvalue weighted by Crippen LogP contribution is -2.61. The highest BCUT2D eigenvalue weighted by molar-refractivity contribution is 5.95. The minimum Gasteiger partial charge on any atom is -0.367 e. The predicted octanol–water partition coefficient (Wildman–Crippen LogP) is 2.69. The Morgan fingerprint density at radius 1 is 1.00 bits per heavy atom. The van der Waals surface area contributed by atoms with Crippen LogP contribution in [0, 0.1) is 0 Å². The third kappa shape index (κ3) is 4.09. The second kappa shape index (κ2) is 8.47. The highest BCUT2D eigenvalue weighted by Crippen LogP contribution is 2.27. The number of carbonyl (C=O) groups is 2. The molecule has 1 aromatic heterocycles. The molecule has 30 heavy (non-hydrogen) atoms. The number of aromatic nitrogens is 1. The first-order valence-electron chi connectivity index (χ1n) is 9.85. The minimum atomic E-state index is -1.26. The Kier molecular flexibility index (Phi) is 5.59. The van der Waals surface area contributed by atoms with E-state index in [1.807, 2.05) is 54.6 Å². The van der Waals surface area contributed by atoms with Crippen LogP contribution < -0.4 is 5.73 Å². The fourth-order valence-corrected chi connectivity index (χ4v) is 3.80. The van der Waals surface area contributed by atoms with Gasteiger partial charge in [0.05, 0.1) is 13.2 Å². The number of nitrogens with two attached hydrogens (primary N) is 1. The van der Waals surface area contributed by atoms with Crippen molar-refractivity contribution in [2.24, 2.45) is 5.73 Å². The van der Waals surface area contributed by atoms with E-state index in [4.69, 9.17) is 10.5 Å². The lowest BCUT2D eigenvalue weighted by atomic mass is 9.90. The third-order valence-electron chi connectivity index (χ3n) is 5.37. The molecule has 1 fully saturated rings. The molecule has 0 aliphatic carbocycles. The van der Waals surface area contributed by atoms with Crippen LogP contribution in [0.4, 0.5) is 0 Å². The van der Waals surface area contributed by atoms with Gasteiger partial charge in [-0.2, -0.15) is 0 Å². The van der Waals surface area contributed by atoms with Crippen molar-refractivity contribution in [3.8, 4) is 11.1 Å². The monoisotopic (exact) mass is 401 g/mol. The van der Waals surface area contributed by atoms with Crippen molar-refractivity contribution in [3.63, 3.8) is 0 Å². The SMILES string of the molecule is NC(=O)[C@]1(Cc2cccc(-c3ccncc3)c2)CN(C(=O)c2ccccc2)CCO1. The predicted molar refractivity (Wildman–Crippen MR) is 114 cm³/mol. The van der Waals surface area contributed by atoms with Gasteiger partial charge in [-0.05, 0) is 41.0 Å². The zero-order valence-electron chi connectivity index (χ0n) is 16.5. The van der Waals surface area contributed by atoms with Crippen LogP contribution in [0.25, 0.3) is 11.1 Å². The number of rotatable bonds is 5. The van der Waals surface area contributed by atoms with Crippen molar-refractivity contribution < 1.29 is 14.3 Å². The summed E-state index contributed by atoms with van der Waals surface area (Å²) < 4.78 is 5.91. The van der Waals surface area contributed by atoms with E-state index in [9.17, 15) is 9.59 Å². The lowest BCUT2D eigenvalue weighted by molar-refractivity contribution is -0.153. The van der Waals surface area contributed by atoms with Crippen LogP contribution in [0.3, 0.4) is 0 Å². The van der Waals surface area contributed by atoms with Gasteiger partial charge in [-0.3, -0.25) is 14.6 Å². The van der Waals surface area contributed by atoms with Crippen molar-refractivity contribution in [2.75, 3.05) is 19.7 Å². The lowest BCUT2D eigenvalue weighted by Gasteiger charge is -2.40. The summed E-state index contributed by atoms with van der Waals surface area (Å²) in [6, 6.07) is 20.8. The molecule has 1 atom stereocenters. The maximum atomic E-state index is 12.9. The normalized spacial score (nSPS) is 18.7. The highest BCUT2D eigenvalue weighted by atomic mass is 16.5. The first kappa shape index (κ1) is 19.8. The number of ether oxygens (including phenoxy) is 1. The summed E-state index contributed by atoms with van der Waals surface area (Å²) in [5, 5.41) is 0. The van der Waals surface area contributed by atoms with Crippen LogP contribution in [0.5, 0.6) is 0 Å². The summed E-state index contributed by atoms with van der Waals surface area (Å²) in [5.74, 6) is -0.697. The smallest absolute Gasteiger partial charge is 0.254 e. The first-order chi connectivity index (χ1) is 14.6. The molecule has 1 aliphatic heterocycles. The van der Waals surface area contributed by atoms with Gasteiger partial charge in [0.15, 0.2) is 5.60 Å². The molecule has 6 heteroatoms. The zero-order valence-corrected chi connectivity index (χ0v) is 16.5. The van der Waals surface area contributed by atoms with Gasteiger partial charge >= 0.3 is 0 Å². The summed E-state index contributed by atoms with van der Waals surface area (Å²) in [4.78, 5) is 31.1. The highest BCUT2D eigenvalue weighted by Gasteiger charge is 2.44. The Hall–Kier alpha value is -3.51. The summed E-state index contributed by atoms with van der Waals surface area (Å²) in [6.07, 6.45) is 3.77. The molecule has 152 valence electrons. The van der Waals surface area contributed by atoms with Crippen LogP contribution in [-0.2, 0) is 16.0 Å². The van der Waals surface area contributed by atoms with Gasteiger partial charge < -0.3 is 15.4 Å². The number of amides is 2. The van der Waals surface area contributed by atoms with Gasteiger partial charge in [-0.25, -0.2) is 0 Å². The van der Waals surface area contributed by atoms with Crippen molar-refractivity contribution in [1.29, 1.82) is 0 Å². The van der Waals surface area contributed by atoms with Crippen molar-refractivity contribution in [3.05, 3.63) is 90.3 Å². The molecule has 0 unspecified atom stereocenters. The minimum absolute atomic E-state index is 0.121. The number of pyridine rings is 1. The number of nitrogens with zero attached hydrogens (tertiary/aromatic N) is 2. The second-order valence-corrected chi connectivity index (χ2v) is 7.41. The average Bonchev–Trinajstić information content (AvgIpc) is 2.80. The maximum absolute atomic E-state index is 12.9. The maximum Gasteiger partial charge on any atom is 0.254 e. The molecule has 1 aliphatic rings. The summed E-state index contributed by atoms with van der Waals surface area (Å²) in [6.45, 7) is 0.793. The largest absolute Gasteiger partial charge is 0.367 e. The Balaban J connectivity index is 1.59. The van der Waals surface area contributed by atoms with Gasteiger partial charge in [0.25, 0.3) is 11.8 Å². The molecule has 3 aromatic rings. The van der Waals surface area contributed by atoms with Crippen LogP contribution in [-0.4, -0.2) is 47.0 Å². The third-order valence-corrected chi connectivity index (χ3v) is 5.37. The fraction of sp³-hybridized carbons (Fsp3) is 0.208. The molecule has 0 spiro atoms. The summed E-state index contributed by atoms with van der Waals surface area (Å²) in [7, 11) is 0. The van der Waals surface area contributed by atoms with Gasteiger partial charge in [-0.15, -0.1) is 0 Å². The van der Waals surface area contributed by atoms with E-state index in [0.717, 1.165) is 16.7 Å². The van der Waals surface area contributed by atoms with E-state index < -0.39 is 11.5 Å². The van der Waals surface area contributed by atoms with E-state index in [1.165, 1.54) is 0 Å². The summed E-state index contributed by atoms with van der Waals surface area (Å²) >= 11 is 0. The number of carbonyl (C=O) groups excluding carboxylic acids is 2. The average molecular weight is 401 g/mol. The van der Waals surface area contributed by atoms with Gasteiger partial charge in [0.2, 0.25) is 0 Å². The van der Waals surface area contributed by atoms with Crippen molar-refractivity contribution >= 4 is 11.8 Å². The molecular weight excluding hydrogens is 378 g/mol. The Morgan fingerprint density at radius 2 is 1.77 bits per heavy atom. The molecule has 0 radical (unpaired) electrons. The van der Waals surface area contributed by atoms with E-state index in [-0.39, 0.29) is 19.1 Å². The standard InChI is InChI=1S/C24H23N3O3/c25-23(29)24(16-18-5-4-8-21(15-18)19-9-11-26-12-10-19)17-27(13-14-30-24)22(28)20-6-2-1-3-7-20/h1-12,15H,13-14,16-17H2,(H2,25,29)/t24-/m0/s1. The van der Waals surface area contributed by atoms with Crippen molar-refractivity contribution in [2.45, 2.75) is 12.0 Å². The molecule has 1 saturated heterocycles. The van der Waals surface area contributed by atoms with Crippen LogP contribution in [0.15, 0.2) is 79.1 Å². The van der Waals surface area contributed by atoms with Crippen LogP contribution in [0.2, 0.25) is 0 Å². The van der Waals surface area contributed by atoms with E-state index >= 15 is 0 Å². The van der Waals surface area contributed by atoms with E-state index in [0.29, 0.717) is 18.5 Å². The van der Waals surface area contributed by atoms with Gasteiger partial charge in [0.1, 0.15) is 0 Å². The molecule has 2 N–H and O–H groups in total. The number of morpholine rings is 1.